The number of nitrogens with zero attached hydrogens (tertiary/aromatic N) is 2. The third kappa shape index (κ3) is 1.03. The van der Waals surface area contributed by atoms with Crippen LogP contribution >= 0.6 is 22.9 Å². The van der Waals surface area contributed by atoms with Crippen molar-refractivity contribution in [3.63, 3.8) is 0 Å². The van der Waals surface area contributed by atoms with E-state index in [0.29, 0.717) is 11.0 Å². The molecule has 4 nitrogen and oxygen atoms in total. The first-order chi connectivity index (χ1) is 5.83. The van der Waals surface area contributed by atoms with Gasteiger partial charge in [0.05, 0.1) is 0 Å². The number of rotatable bonds is 1. The Bertz CT molecular complexity index is 413. The van der Waals surface area contributed by atoms with E-state index in [2.05, 4.69) is 15.6 Å². The van der Waals surface area contributed by atoms with Crippen LogP contribution in [0.15, 0.2) is 10.8 Å². The summed E-state index contributed by atoms with van der Waals surface area (Å²) in [5, 5.41) is 13.5. The molecule has 0 amide bonds. The summed E-state index contributed by atoms with van der Waals surface area (Å²) in [4.78, 5) is 0. The highest BCUT2D eigenvalue weighted by atomic mass is 35.5. The number of hydrogen-bond donors (Lipinski definition) is 2. The molecule has 2 aromatic rings. The zero-order valence-corrected chi connectivity index (χ0v) is 7.49. The molecule has 0 aliphatic rings. The third-order valence-electron chi connectivity index (χ3n) is 1.51. The van der Waals surface area contributed by atoms with Crippen LogP contribution in [0.25, 0.3) is 10.8 Å². The maximum absolute atomic E-state index is 5.79. The van der Waals surface area contributed by atoms with Gasteiger partial charge in [-0.15, -0.1) is 10.2 Å². The monoisotopic (exact) mass is 200 g/mol. The number of halogens is 1. The van der Waals surface area contributed by atoms with Crippen LogP contribution in [0.5, 0.6) is 0 Å². The van der Waals surface area contributed by atoms with Gasteiger partial charge in [-0.3, -0.25) is 0 Å². The lowest BCUT2D eigenvalue weighted by Gasteiger charge is -1.99. The van der Waals surface area contributed by atoms with Gasteiger partial charge in [-0.05, 0) is 0 Å². The topological polar surface area (TPSA) is 63.8 Å². The summed E-state index contributed by atoms with van der Waals surface area (Å²) in [5.41, 5.74) is 2.46. The smallest absolute Gasteiger partial charge is 0.171 e. The molecule has 0 unspecified atom stereocenters. The molecule has 2 heterocycles. The molecule has 0 bridgehead atoms. The normalized spacial score (nSPS) is 10.5. The molecule has 0 fully saturated rings. The van der Waals surface area contributed by atoms with Crippen LogP contribution in [0, 0.1) is 0 Å². The van der Waals surface area contributed by atoms with Gasteiger partial charge in [-0.1, -0.05) is 11.6 Å². The summed E-state index contributed by atoms with van der Waals surface area (Å²) in [6.07, 6.45) is 0. The summed E-state index contributed by atoms with van der Waals surface area (Å²) >= 11 is 7.33. The quantitative estimate of drug-likeness (QED) is 0.543. The van der Waals surface area contributed by atoms with Gasteiger partial charge in [0.15, 0.2) is 11.0 Å². The van der Waals surface area contributed by atoms with E-state index >= 15 is 0 Å². The fourth-order valence-corrected chi connectivity index (χ4v) is 2.02. The first kappa shape index (κ1) is 7.72. The molecule has 12 heavy (non-hydrogen) atoms. The Morgan fingerprint density at radius 2 is 2.08 bits per heavy atom. The van der Waals surface area contributed by atoms with Gasteiger partial charge in [0.1, 0.15) is 0 Å². The third-order valence-corrected chi connectivity index (χ3v) is 2.54. The average molecular weight is 201 g/mol. The van der Waals surface area contributed by atoms with E-state index in [1.807, 2.05) is 10.8 Å². The van der Waals surface area contributed by atoms with E-state index in [-0.39, 0.29) is 0 Å². The molecule has 0 saturated carbocycles. The van der Waals surface area contributed by atoms with Crippen LogP contribution in [-0.4, -0.2) is 10.2 Å². The van der Waals surface area contributed by atoms with Crippen LogP contribution in [0.2, 0.25) is 5.15 Å². The van der Waals surface area contributed by atoms with Crippen LogP contribution < -0.4 is 11.3 Å². The number of hydrazine groups is 1. The largest absolute Gasteiger partial charge is 0.306 e. The van der Waals surface area contributed by atoms with E-state index in [0.717, 1.165) is 10.8 Å². The molecule has 0 spiro atoms. The maximum atomic E-state index is 5.79. The molecule has 0 aliphatic carbocycles. The first-order valence-corrected chi connectivity index (χ1v) is 4.49. The lowest BCUT2D eigenvalue weighted by Crippen LogP contribution is -2.09. The second-order valence-electron chi connectivity index (χ2n) is 2.18. The SMILES string of the molecule is NNc1nnc(Cl)c2cscc12. The van der Waals surface area contributed by atoms with E-state index in [9.17, 15) is 0 Å². The minimum absolute atomic E-state index is 0.408. The number of nitrogens with one attached hydrogen (secondary N) is 1. The van der Waals surface area contributed by atoms with Crippen molar-refractivity contribution in [2.45, 2.75) is 0 Å². The van der Waals surface area contributed by atoms with Gasteiger partial charge in [-0.25, -0.2) is 5.84 Å². The van der Waals surface area contributed by atoms with Crippen molar-refractivity contribution in [1.82, 2.24) is 10.2 Å². The molecule has 0 radical (unpaired) electrons. The van der Waals surface area contributed by atoms with Crippen molar-refractivity contribution >= 4 is 39.5 Å². The second kappa shape index (κ2) is 2.85. The molecular weight excluding hydrogens is 196 g/mol. The molecule has 3 N–H and O–H groups in total. The number of anilines is 1. The zero-order chi connectivity index (χ0) is 8.55. The van der Waals surface area contributed by atoms with E-state index in [1.165, 1.54) is 11.3 Å². The number of thiophene rings is 1. The first-order valence-electron chi connectivity index (χ1n) is 3.17. The summed E-state index contributed by atoms with van der Waals surface area (Å²) in [5.74, 6) is 5.79. The van der Waals surface area contributed by atoms with Gasteiger partial charge in [0.25, 0.3) is 0 Å². The van der Waals surface area contributed by atoms with Crippen molar-refractivity contribution in [2.75, 3.05) is 5.43 Å². The van der Waals surface area contributed by atoms with Gasteiger partial charge in [-0.2, -0.15) is 11.3 Å². The molecule has 2 rings (SSSR count). The van der Waals surface area contributed by atoms with Crippen LogP contribution in [0.3, 0.4) is 0 Å². The molecule has 0 atom stereocenters. The molecule has 2 aromatic heterocycles. The summed E-state index contributed by atoms with van der Waals surface area (Å²) in [6.45, 7) is 0. The standard InChI is InChI=1S/C6H5ClN4S/c7-5-3-1-12-2-4(3)6(9-8)11-10-5/h1-2H,8H2,(H,9,11). The number of aromatic nitrogens is 2. The van der Waals surface area contributed by atoms with Crippen LogP contribution in [0.4, 0.5) is 5.82 Å². The van der Waals surface area contributed by atoms with Crippen molar-refractivity contribution in [3.05, 3.63) is 15.9 Å². The lowest BCUT2D eigenvalue weighted by atomic mass is 10.3. The summed E-state index contributed by atoms with van der Waals surface area (Å²) < 4.78 is 0. The highest BCUT2D eigenvalue weighted by Crippen LogP contribution is 2.28. The Kier molecular flexibility index (Phi) is 1.84. The average Bonchev–Trinajstić information content (AvgIpc) is 2.54. The van der Waals surface area contributed by atoms with Gasteiger partial charge < -0.3 is 5.43 Å². The van der Waals surface area contributed by atoms with Crippen molar-refractivity contribution < 1.29 is 0 Å². The van der Waals surface area contributed by atoms with Crippen LogP contribution in [0.1, 0.15) is 0 Å². The Balaban J connectivity index is 2.82. The van der Waals surface area contributed by atoms with Crippen LogP contribution in [-0.2, 0) is 0 Å². The molecule has 0 aliphatic heterocycles. The lowest BCUT2D eigenvalue weighted by molar-refractivity contribution is 1.04. The van der Waals surface area contributed by atoms with Crippen molar-refractivity contribution in [2.24, 2.45) is 5.84 Å². The predicted molar refractivity (Wildman–Crippen MR) is 50.2 cm³/mol. The molecule has 0 aromatic carbocycles. The predicted octanol–water partition coefficient (Wildman–Crippen LogP) is 1.63. The molecule has 62 valence electrons. The van der Waals surface area contributed by atoms with Gasteiger partial charge >= 0.3 is 0 Å². The highest BCUT2D eigenvalue weighted by Gasteiger charge is 2.06. The Morgan fingerprint density at radius 1 is 1.33 bits per heavy atom. The van der Waals surface area contributed by atoms with E-state index < -0.39 is 0 Å². The number of hydrogen-bond acceptors (Lipinski definition) is 5. The number of nitrogen functional groups attached to an aromatic ring is 1. The molecule has 6 heteroatoms. The summed E-state index contributed by atoms with van der Waals surface area (Å²) in [6, 6.07) is 0. The minimum Gasteiger partial charge on any atom is -0.306 e. The zero-order valence-electron chi connectivity index (χ0n) is 5.91. The fourth-order valence-electron chi connectivity index (χ4n) is 0.948. The number of fused-ring (bicyclic) bond motifs is 1. The van der Waals surface area contributed by atoms with E-state index in [1.54, 1.807) is 0 Å². The Hall–Kier alpha value is -0.910. The Labute approximate surface area is 77.3 Å². The van der Waals surface area contributed by atoms with E-state index in [4.69, 9.17) is 17.4 Å². The second-order valence-corrected chi connectivity index (χ2v) is 3.28. The highest BCUT2D eigenvalue weighted by molar-refractivity contribution is 7.09. The fraction of sp³-hybridized carbons (Fsp3) is 0. The maximum Gasteiger partial charge on any atom is 0.171 e. The van der Waals surface area contributed by atoms with Gasteiger partial charge in [0, 0.05) is 21.5 Å². The van der Waals surface area contributed by atoms with Gasteiger partial charge in [0.2, 0.25) is 0 Å². The Morgan fingerprint density at radius 3 is 2.83 bits per heavy atom. The summed E-state index contributed by atoms with van der Waals surface area (Å²) in [7, 11) is 0. The molecular formula is C6H5ClN4S. The van der Waals surface area contributed by atoms with Crippen molar-refractivity contribution in [1.29, 1.82) is 0 Å². The minimum atomic E-state index is 0.408. The molecule has 0 saturated heterocycles. The number of nitrogens with two attached hydrogens (primary N) is 1. The van der Waals surface area contributed by atoms with Crippen molar-refractivity contribution in [3.8, 4) is 0 Å².